The van der Waals surface area contributed by atoms with Crippen LogP contribution in [0.15, 0.2) is 52.4 Å². The van der Waals surface area contributed by atoms with Crippen molar-refractivity contribution in [2.45, 2.75) is 18.4 Å². The van der Waals surface area contributed by atoms with Crippen molar-refractivity contribution in [1.29, 1.82) is 0 Å². The molecule has 1 aromatic heterocycles. The maximum atomic E-state index is 12.6. The van der Waals surface area contributed by atoms with Gasteiger partial charge in [0.2, 0.25) is 15.9 Å². The molecule has 0 spiro atoms. The van der Waals surface area contributed by atoms with Gasteiger partial charge in [0.15, 0.2) is 0 Å². The minimum atomic E-state index is -3.66. The molecule has 29 heavy (non-hydrogen) atoms. The number of carbonyl (C=O) groups excluding carboxylic acids is 1. The van der Waals surface area contributed by atoms with Crippen LogP contribution >= 0.6 is 11.6 Å². The smallest absolute Gasteiger partial charge is 0.261 e. The van der Waals surface area contributed by atoms with Crippen molar-refractivity contribution in [3.05, 3.63) is 63.7 Å². The summed E-state index contributed by atoms with van der Waals surface area (Å²) in [5.74, 6) is -0.493. The van der Waals surface area contributed by atoms with Gasteiger partial charge in [-0.2, -0.15) is 0 Å². The van der Waals surface area contributed by atoms with Crippen LogP contribution in [0.5, 0.6) is 0 Å². The number of rotatable bonds is 5. The van der Waals surface area contributed by atoms with Crippen LogP contribution in [0.2, 0.25) is 5.02 Å². The molecule has 0 saturated heterocycles. The van der Waals surface area contributed by atoms with Crippen molar-refractivity contribution < 1.29 is 13.2 Å². The first-order chi connectivity index (χ1) is 13.6. The summed E-state index contributed by atoms with van der Waals surface area (Å²) in [6, 6.07) is 9.36. The summed E-state index contributed by atoms with van der Waals surface area (Å²) in [5.41, 5.74) is 0.954. The zero-order chi connectivity index (χ0) is 21.3. The molecule has 1 N–H and O–H groups in total. The molecule has 0 aliphatic heterocycles. The highest BCUT2D eigenvalue weighted by Crippen LogP contribution is 2.22. The molecule has 1 heterocycles. The average Bonchev–Trinajstić information content (AvgIpc) is 2.65. The third-order valence-corrected chi connectivity index (χ3v) is 6.52. The number of nitrogens with one attached hydrogen (secondary N) is 1. The minimum absolute atomic E-state index is 0.0967. The van der Waals surface area contributed by atoms with E-state index in [1.807, 2.05) is 0 Å². The lowest BCUT2D eigenvalue weighted by molar-refractivity contribution is -0.116. The summed E-state index contributed by atoms with van der Waals surface area (Å²) in [6.07, 6.45) is 1.29. The predicted molar refractivity (Wildman–Crippen MR) is 112 cm³/mol. The number of halogens is 1. The first-order valence-electron chi connectivity index (χ1n) is 8.57. The SMILES string of the molecule is Cc1ccc(NC(=O)Cn2cnc3ccc(Cl)cc3c2=O)cc1S(=O)(=O)N(C)C. The number of hydrogen-bond acceptors (Lipinski definition) is 5. The van der Waals surface area contributed by atoms with Gasteiger partial charge in [-0.15, -0.1) is 0 Å². The van der Waals surface area contributed by atoms with Gasteiger partial charge >= 0.3 is 0 Å². The fourth-order valence-corrected chi connectivity index (χ4v) is 4.07. The Bertz CT molecular complexity index is 1270. The lowest BCUT2D eigenvalue weighted by Gasteiger charge is -2.15. The number of hydrogen-bond donors (Lipinski definition) is 1. The van der Waals surface area contributed by atoms with Gasteiger partial charge in [-0.1, -0.05) is 17.7 Å². The highest BCUT2D eigenvalue weighted by Gasteiger charge is 2.20. The van der Waals surface area contributed by atoms with E-state index in [1.54, 1.807) is 31.2 Å². The number of aryl methyl sites for hydroxylation is 1. The lowest BCUT2D eigenvalue weighted by Crippen LogP contribution is -2.28. The largest absolute Gasteiger partial charge is 0.324 e. The molecular weight excluding hydrogens is 416 g/mol. The van der Waals surface area contributed by atoms with Crippen LogP contribution in [0.1, 0.15) is 5.56 Å². The molecule has 0 atom stereocenters. The molecule has 2 aromatic carbocycles. The number of nitrogens with zero attached hydrogens (tertiary/aromatic N) is 3. The predicted octanol–water partition coefficient (Wildman–Crippen LogP) is 2.25. The van der Waals surface area contributed by atoms with Crippen molar-refractivity contribution >= 4 is 44.1 Å². The van der Waals surface area contributed by atoms with E-state index >= 15 is 0 Å². The molecule has 0 bridgehead atoms. The van der Waals surface area contributed by atoms with E-state index < -0.39 is 21.5 Å². The van der Waals surface area contributed by atoms with Gasteiger partial charge in [-0.3, -0.25) is 14.2 Å². The van der Waals surface area contributed by atoms with E-state index in [4.69, 9.17) is 11.6 Å². The average molecular weight is 435 g/mol. The first kappa shape index (κ1) is 21.0. The number of sulfonamides is 1. The molecular formula is C19H19ClN4O4S. The topological polar surface area (TPSA) is 101 Å². The van der Waals surface area contributed by atoms with Crippen LogP contribution in [-0.2, 0) is 21.4 Å². The number of aromatic nitrogens is 2. The number of benzene rings is 2. The van der Waals surface area contributed by atoms with Gasteiger partial charge in [0, 0.05) is 24.8 Å². The Kier molecular flexibility index (Phi) is 5.74. The van der Waals surface area contributed by atoms with E-state index in [9.17, 15) is 18.0 Å². The molecule has 10 heteroatoms. The summed E-state index contributed by atoms with van der Waals surface area (Å²) < 4.78 is 27.1. The van der Waals surface area contributed by atoms with Crippen LogP contribution in [0.3, 0.4) is 0 Å². The molecule has 0 fully saturated rings. The van der Waals surface area contributed by atoms with E-state index in [0.29, 0.717) is 27.2 Å². The van der Waals surface area contributed by atoms with Crippen molar-refractivity contribution in [2.24, 2.45) is 0 Å². The second kappa shape index (κ2) is 7.94. The number of fused-ring (bicyclic) bond motifs is 1. The zero-order valence-corrected chi connectivity index (χ0v) is 17.6. The third-order valence-electron chi connectivity index (χ3n) is 4.33. The van der Waals surface area contributed by atoms with E-state index in [-0.39, 0.29) is 11.4 Å². The quantitative estimate of drug-likeness (QED) is 0.663. The van der Waals surface area contributed by atoms with Gasteiger partial charge < -0.3 is 5.32 Å². The molecule has 1 amide bonds. The van der Waals surface area contributed by atoms with Gasteiger partial charge in [0.05, 0.1) is 22.1 Å². The van der Waals surface area contributed by atoms with Gasteiger partial charge in [0.1, 0.15) is 6.54 Å². The molecule has 152 valence electrons. The molecule has 0 saturated carbocycles. The Morgan fingerprint density at radius 2 is 1.93 bits per heavy atom. The Labute approximate surface area is 172 Å². The van der Waals surface area contributed by atoms with Crippen molar-refractivity contribution in [3.63, 3.8) is 0 Å². The fourth-order valence-electron chi connectivity index (χ4n) is 2.75. The van der Waals surface area contributed by atoms with E-state index in [0.717, 1.165) is 4.31 Å². The van der Waals surface area contributed by atoms with Crippen LogP contribution in [0.25, 0.3) is 10.9 Å². The van der Waals surface area contributed by atoms with E-state index in [2.05, 4.69) is 10.3 Å². The van der Waals surface area contributed by atoms with Gasteiger partial charge in [0.25, 0.3) is 5.56 Å². The maximum Gasteiger partial charge on any atom is 0.261 e. The molecule has 0 radical (unpaired) electrons. The molecule has 0 aliphatic carbocycles. The Morgan fingerprint density at radius 3 is 2.62 bits per heavy atom. The second-order valence-electron chi connectivity index (χ2n) is 6.65. The molecule has 0 unspecified atom stereocenters. The normalized spacial score (nSPS) is 11.8. The molecule has 3 aromatic rings. The Balaban J connectivity index is 1.86. The summed E-state index contributed by atoms with van der Waals surface area (Å²) in [4.78, 5) is 29.3. The lowest BCUT2D eigenvalue weighted by atomic mass is 10.2. The van der Waals surface area contributed by atoms with Crippen LogP contribution in [0, 0.1) is 6.92 Å². The minimum Gasteiger partial charge on any atom is -0.324 e. The van der Waals surface area contributed by atoms with Gasteiger partial charge in [-0.25, -0.2) is 17.7 Å². The van der Waals surface area contributed by atoms with Gasteiger partial charge in [-0.05, 0) is 42.8 Å². The van der Waals surface area contributed by atoms with Crippen molar-refractivity contribution in [1.82, 2.24) is 13.9 Å². The van der Waals surface area contributed by atoms with Crippen molar-refractivity contribution in [2.75, 3.05) is 19.4 Å². The summed E-state index contributed by atoms with van der Waals surface area (Å²) in [7, 11) is -0.784. The Morgan fingerprint density at radius 1 is 1.21 bits per heavy atom. The number of anilines is 1. The second-order valence-corrected chi connectivity index (χ2v) is 9.21. The highest BCUT2D eigenvalue weighted by atomic mass is 35.5. The van der Waals surface area contributed by atoms with Crippen LogP contribution < -0.4 is 10.9 Å². The Hall–Kier alpha value is -2.75. The van der Waals surface area contributed by atoms with Crippen LogP contribution in [-0.4, -0.2) is 42.3 Å². The molecule has 3 rings (SSSR count). The zero-order valence-electron chi connectivity index (χ0n) is 16.0. The molecule has 8 nitrogen and oxygen atoms in total. The third kappa shape index (κ3) is 4.31. The highest BCUT2D eigenvalue weighted by molar-refractivity contribution is 7.89. The maximum absolute atomic E-state index is 12.6. The van der Waals surface area contributed by atoms with Crippen molar-refractivity contribution in [3.8, 4) is 0 Å². The number of carbonyl (C=O) groups is 1. The number of amides is 1. The fraction of sp³-hybridized carbons (Fsp3) is 0.211. The summed E-state index contributed by atoms with van der Waals surface area (Å²) in [5, 5.41) is 3.32. The van der Waals surface area contributed by atoms with E-state index in [1.165, 1.54) is 37.1 Å². The summed E-state index contributed by atoms with van der Waals surface area (Å²) >= 11 is 5.93. The standard InChI is InChI=1S/C19H19ClN4O4S/c1-12-4-6-14(9-17(12)29(27,28)23(2)3)22-18(25)10-24-11-21-16-7-5-13(20)8-15(16)19(24)26/h4-9,11H,10H2,1-3H3,(H,22,25). The summed E-state index contributed by atoms with van der Waals surface area (Å²) in [6.45, 7) is 1.39. The van der Waals surface area contributed by atoms with Crippen LogP contribution in [0.4, 0.5) is 5.69 Å². The first-order valence-corrected chi connectivity index (χ1v) is 10.4. The molecule has 0 aliphatic rings. The monoisotopic (exact) mass is 434 g/mol.